The highest BCUT2D eigenvalue weighted by Gasteiger charge is 2.13. The third kappa shape index (κ3) is 2.74. The maximum Gasteiger partial charge on any atom is 0.355 e. The van der Waals surface area contributed by atoms with E-state index in [1.165, 1.54) is 10.8 Å². The van der Waals surface area contributed by atoms with Gasteiger partial charge in [0.15, 0.2) is 0 Å². The summed E-state index contributed by atoms with van der Waals surface area (Å²) in [6.45, 7) is 0.236. The first-order valence-corrected chi connectivity index (χ1v) is 8.94. The number of aromatic nitrogens is 1. The van der Waals surface area contributed by atoms with Crippen molar-refractivity contribution in [2.24, 2.45) is 0 Å². The van der Waals surface area contributed by atoms with Gasteiger partial charge in [0, 0.05) is 10.9 Å². The molecule has 0 bridgehead atoms. The van der Waals surface area contributed by atoms with Gasteiger partial charge in [-0.3, -0.25) is 0 Å². The van der Waals surface area contributed by atoms with Crippen LogP contribution < -0.4 is 0 Å². The summed E-state index contributed by atoms with van der Waals surface area (Å²) in [5.41, 5.74) is 2.41. The molecule has 3 heteroatoms. The van der Waals surface area contributed by atoms with Crippen LogP contribution in [-0.4, -0.2) is 11.0 Å². The zero-order valence-electron chi connectivity index (χ0n) is 14.6. The summed E-state index contributed by atoms with van der Waals surface area (Å²) in [6, 6.07) is 28.3. The molecule has 0 aliphatic carbocycles. The van der Waals surface area contributed by atoms with Crippen molar-refractivity contribution in [1.29, 1.82) is 0 Å². The number of benzene rings is 4. The highest BCUT2D eigenvalue weighted by molar-refractivity contribution is 6.09. The van der Waals surface area contributed by atoms with Crippen LogP contribution in [0.3, 0.4) is 0 Å². The highest BCUT2D eigenvalue weighted by Crippen LogP contribution is 2.29. The van der Waals surface area contributed by atoms with Crippen molar-refractivity contribution in [2.75, 3.05) is 0 Å². The number of fused-ring (bicyclic) bond motifs is 4. The summed E-state index contributed by atoms with van der Waals surface area (Å²) < 4.78 is 5.63. The van der Waals surface area contributed by atoms with E-state index >= 15 is 0 Å². The monoisotopic (exact) mass is 351 g/mol. The molecule has 5 rings (SSSR count). The number of rotatable bonds is 3. The predicted molar refractivity (Wildman–Crippen MR) is 109 cm³/mol. The Morgan fingerprint density at radius 2 is 1.41 bits per heavy atom. The Hall–Kier alpha value is -3.59. The molecule has 0 saturated heterocycles. The van der Waals surface area contributed by atoms with E-state index in [2.05, 4.69) is 35.3 Å². The van der Waals surface area contributed by atoms with Crippen LogP contribution in [0.2, 0.25) is 0 Å². The molecule has 0 radical (unpaired) electrons. The van der Waals surface area contributed by atoms with Crippen LogP contribution in [0.15, 0.2) is 84.9 Å². The fourth-order valence-corrected chi connectivity index (χ4v) is 3.66. The van der Waals surface area contributed by atoms with Gasteiger partial charge in [0.2, 0.25) is 0 Å². The molecule has 0 spiro atoms. The lowest BCUT2D eigenvalue weighted by Gasteiger charge is -2.11. The van der Waals surface area contributed by atoms with Crippen LogP contribution in [0, 0.1) is 0 Å². The largest absolute Gasteiger partial charge is 0.456 e. The first-order valence-electron chi connectivity index (χ1n) is 8.94. The van der Waals surface area contributed by atoms with Crippen molar-refractivity contribution < 1.29 is 9.53 Å². The van der Waals surface area contributed by atoms with E-state index in [0.717, 1.165) is 27.2 Å². The number of ether oxygens (including phenoxy) is 1. The predicted octanol–water partition coefficient (Wildman–Crippen LogP) is 5.83. The van der Waals surface area contributed by atoms with Gasteiger partial charge in [0.05, 0.1) is 0 Å². The van der Waals surface area contributed by atoms with Gasteiger partial charge < -0.3 is 9.72 Å². The van der Waals surface area contributed by atoms with Gasteiger partial charge in [-0.2, -0.15) is 0 Å². The number of hydrogen-bond acceptors (Lipinski definition) is 2. The van der Waals surface area contributed by atoms with Gasteiger partial charge in [-0.1, -0.05) is 66.7 Å². The van der Waals surface area contributed by atoms with E-state index in [1.807, 2.05) is 54.6 Å². The van der Waals surface area contributed by atoms with E-state index < -0.39 is 0 Å². The molecule has 0 fully saturated rings. The Kier molecular flexibility index (Phi) is 3.65. The lowest BCUT2D eigenvalue weighted by Crippen LogP contribution is -2.06. The molecule has 4 aromatic carbocycles. The minimum Gasteiger partial charge on any atom is -0.456 e. The molecule has 0 aliphatic rings. The van der Waals surface area contributed by atoms with E-state index in [1.54, 1.807) is 0 Å². The quantitative estimate of drug-likeness (QED) is 0.328. The second-order valence-corrected chi connectivity index (χ2v) is 6.65. The number of carbonyl (C=O) groups excluding carboxylic acids is 1. The Labute approximate surface area is 156 Å². The summed E-state index contributed by atoms with van der Waals surface area (Å²) in [5, 5.41) is 5.64. The summed E-state index contributed by atoms with van der Waals surface area (Å²) in [6.07, 6.45) is 0. The van der Waals surface area contributed by atoms with Gasteiger partial charge in [-0.15, -0.1) is 0 Å². The third-order valence-electron chi connectivity index (χ3n) is 4.96. The third-order valence-corrected chi connectivity index (χ3v) is 4.96. The first kappa shape index (κ1) is 15.6. The molecular formula is C24H17NO2. The van der Waals surface area contributed by atoms with Crippen molar-refractivity contribution >= 4 is 38.4 Å². The number of para-hydroxylation sites is 1. The fourth-order valence-electron chi connectivity index (χ4n) is 3.66. The average Bonchev–Trinajstić information content (AvgIpc) is 3.16. The number of nitrogens with one attached hydrogen (secondary N) is 1. The Balaban J connectivity index is 1.49. The first-order chi connectivity index (χ1) is 13.3. The molecular weight excluding hydrogens is 334 g/mol. The topological polar surface area (TPSA) is 42.1 Å². The Morgan fingerprint density at radius 3 is 2.22 bits per heavy atom. The van der Waals surface area contributed by atoms with Crippen molar-refractivity contribution in [2.45, 2.75) is 6.61 Å². The number of aromatic amines is 1. The molecule has 130 valence electrons. The van der Waals surface area contributed by atoms with Crippen LogP contribution in [0.4, 0.5) is 0 Å². The molecule has 27 heavy (non-hydrogen) atoms. The SMILES string of the molecule is O=C(OCc1cc2ccccc2c2ccccc12)c1cc2ccccc2[nH]1. The molecule has 0 atom stereocenters. The normalized spacial score (nSPS) is 11.3. The van der Waals surface area contributed by atoms with Crippen LogP contribution in [0.5, 0.6) is 0 Å². The number of hydrogen-bond donors (Lipinski definition) is 1. The highest BCUT2D eigenvalue weighted by atomic mass is 16.5. The maximum atomic E-state index is 12.5. The maximum absolute atomic E-state index is 12.5. The van der Waals surface area contributed by atoms with Crippen LogP contribution in [0.25, 0.3) is 32.4 Å². The summed E-state index contributed by atoms with van der Waals surface area (Å²) in [4.78, 5) is 15.7. The molecule has 0 unspecified atom stereocenters. The minimum absolute atomic E-state index is 0.236. The van der Waals surface area contributed by atoms with Gasteiger partial charge in [-0.05, 0) is 45.3 Å². The number of esters is 1. The van der Waals surface area contributed by atoms with Gasteiger partial charge in [-0.25, -0.2) is 4.79 Å². The van der Waals surface area contributed by atoms with Gasteiger partial charge >= 0.3 is 5.97 Å². The lowest BCUT2D eigenvalue weighted by atomic mass is 9.98. The minimum atomic E-state index is -0.344. The van der Waals surface area contributed by atoms with Crippen LogP contribution in [0.1, 0.15) is 16.1 Å². The van der Waals surface area contributed by atoms with Crippen LogP contribution in [-0.2, 0) is 11.3 Å². The molecule has 1 aromatic heterocycles. The zero-order chi connectivity index (χ0) is 18.2. The Morgan fingerprint density at radius 1 is 0.741 bits per heavy atom. The van der Waals surface area contributed by atoms with E-state index in [9.17, 15) is 4.79 Å². The lowest BCUT2D eigenvalue weighted by molar-refractivity contribution is 0.0468. The van der Waals surface area contributed by atoms with E-state index in [-0.39, 0.29) is 12.6 Å². The molecule has 0 amide bonds. The molecule has 1 heterocycles. The summed E-state index contributed by atoms with van der Waals surface area (Å²) in [5.74, 6) is -0.344. The second kappa shape index (κ2) is 6.29. The van der Waals surface area contributed by atoms with Crippen molar-refractivity contribution in [3.05, 3.63) is 96.2 Å². The molecule has 0 saturated carbocycles. The number of H-pyrrole nitrogens is 1. The Bertz CT molecular complexity index is 1270. The van der Waals surface area contributed by atoms with Crippen molar-refractivity contribution in [1.82, 2.24) is 4.98 Å². The zero-order valence-corrected chi connectivity index (χ0v) is 14.6. The van der Waals surface area contributed by atoms with Crippen molar-refractivity contribution in [3.63, 3.8) is 0 Å². The van der Waals surface area contributed by atoms with Crippen LogP contribution >= 0.6 is 0 Å². The summed E-state index contributed by atoms with van der Waals surface area (Å²) in [7, 11) is 0. The average molecular weight is 351 g/mol. The molecule has 5 aromatic rings. The number of carbonyl (C=O) groups is 1. The second-order valence-electron chi connectivity index (χ2n) is 6.65. The van der Waals surface area contributed by atoms with E-state index in [4.69, 9.17) is 4.74 Å². The molecule has 0 aliphatic heterocycles. The molecule has 3 nitrogen and oxygen atoms in total. The summed E-state index contributed by atoms with van der Waals surface area (Å²) >= 11 is 0. The van der Waals surface area contributed by atoms with Gasteiger partial charge in [0.25, 0.3) is 0 Å². The van der Waals surface area contributed by atoms with E-state index in [0.29, 0.717) is 5.69 Å². The standard InChI is InChI=1S/C24H17NO2/c26-24(23-14-17-8-2-6-12-22(17)25-23)27-15-18-13-16-7-1-3-9-19(16)21-11-5-4-10-20(18)21/h1-14,25H,15H2. The van der Waals surface area contributed by atoms with Crippen molar-refractivity contribution in [3.8, 4) is 0 Å². The fraction of sp³-hybridized carbons (Fsp3) is 0.0417. The molecule has 1 N–H and O–H groups in total. The smallest absolute Gasteiger partial charge is 0.355 e. The van der Waals surface area contributed by atoms with Gasteiger partial charge in [0.1, 0.15) is 12.3 Å².